The Kier molecular flexibility index (Phi) is 10.5. The number of fused-ring (bicyclic) bond motifs is 4. The number of carbonyl (C=O) groups excluding carboxylic acids is 1. The Hall–Kier alpha value is -6.44. The molecular formula is C44H47F3N14O2. The molecule has 0 saturated carbocycles. The van der Waals surface area contributed by atoms with Crippen LogP contribution in [0.4, 0.5) is 30.8 Å². The zero-order valence-electron chi connectivity index (χ0n) is 35.3. The Balaban J connectivity index is 0.964. The molecule has 2 N–H and O–H groups in total. The van der Waals surface area contributed by atoms with E-state index in [2.05, 4.69) is 39.9 Å². The topological polar surface area (TPSA) is 154 Å². The number of anilines is 3. The molecule has 11 rings (SSSR count). The standard InChI is InChI=1S/C44H47F3N14O2/c1-25-50-38-14-27(46)12-34(41(38)58(25)23-33(63-4)22-56(2)3)37-6-5-7-40(52-37)51-29-15-32(24-62)59(19-29)42-35-17-49-61(39-9-8-26(45)13-36(39)47)43(35)54-44(53-42)60-30-16-31(60)21-57(20-30)18-28-10-11-48-55-28/h5-14,17,24,29-33H,15-16,18-23H2,1-4H3,(H,48,55)(H,51,52). The fourth-order valence-electron chi connectivity index (χ4n) is 9.62. The second-order valence-corrected chi connectivity index (χ2v) is 17.0. The van der Waals surface area contributed by atoms with Gasteiger partial charge in [0, 0.05) is 87.5 Å². The van der Waals surface area contributed by atoms with Crippen LogP contribution in [0.15, 0.2) is 67.0 Å². The number of hydrogen-bond acceptors (Lipinski definition) is 13. The summed E-state index contributed by atoms with van der Waals surface area (Å²) in [7, 11) is 5.66. The highest BCUT2D eigenvalue weighted by Crippen LogP contribution is 2.40. The van der Waals surface area contributed by atoms with Crippen molar-refractivity contribution in [3.05, 3.63) is 96.0 Å². The van der Waals surface area contributed by atoms with E-state index in [0.29, 0.717) is 71.4 Å². The van der Waals surface area contributed by atoms with Gasteiger partial charge >= 0.3 is 0 Å². The van der Waals surface area contributed by atoms with Gasteiger partial charge < -0.3 is 34.1 Å². The number of aldehydes is 1. The van der Waals surface area contributed by atoms with Crippen molar-refractivity contribution >= 4 is 45.9 Å². The molecule has 4 aliphatic rings. The lowest BCUT2D eigenvalue weighted by Crippen LogP contribution is -2.69. The maximum absolute atomic E-state index is 15.3. The molecule has 2 bridgehead atoms. The van der Waals surface area contributed by atoms with Crippen molar-refractivity contribution in [2.45, 2.75) is 63.1 Å². The lowest BCUT2D eigenvalue weighted by Gasteiger charge is -2.56. The van der Waals surface area contributed by atoms with Crippen molar-refractivity contribution in [1.82, 2.24) is 54.3 Å². The van der Waals surface area contributed by atoms with Crippen LogP contribution in [0.25, 0.3) is 39.0 Å². The summed E-state index contributed by atoms with van der Waals surface area (Å²) in [6, 6.07) is 13.2. The van der Waals surface area contributed by atoms with Crippen LogP contribution in [-0.4, -0.2) is 138 Å². The smallest absolute Gasteiger partial charge is 0.230 e. The van der Waals surface area contributed by atoms with E-state index in [9.17, 15) is 9.18 Å². The fraction of sp³-hybridized carbons (Fsp3) is 0.386. The number of methoxy groups -OCH3 is 1. The number of H-pyrrole nitrogens is 1. The molecule has 4 fully saturated rings. The number of aromatic nitrogens is 9. The first kappa shape index (κ1) is 40.6. The van der Waals surface area contributed by atoms with Crippen LogP contribution < -0.4 is 15.1 Å². The van der Waals surface area contributed by atoms with Crippen LogP contribution in [0.3, 0.4) is 0 Å². The summed E-state index contributed by atoms with van der Waals surface area (Å²) in [6.07, 6.45) is 5.48. The molecule has 0 spiro atoms. The number of rotatable bonds is 14. The van der Waals surface area contributed by atoms with Gasteiger partial charge in [0.2, 0.25) is 5.95 Å². The predicted octanol–water partition coefficient (Wildman–Crippen LogP) is 4.97. The molecule has 0 radical (unpaired) electrons. The summed E-state index contributed by atoms with van der Waals surface area (Å²) in [6.45, 7) is 5.77. The molecule has 5 unspecified atom stereocenters. The van der Waals surface area contributed by atoms with Gasteiger partial charge in [-0.05, 0) is 70.3 Å². The number of aromatic amines is 1. The zero-order valence-corrected chi connectivity index (χ0v) is 35.3. The second-order valence-electron chi connectivity index (χ2n) is 17.0. The normalized spacial score (nSPS) is 20.6. The minimum absolute atomic E-state index is 0.0382. The number of halogens is 3. The Labute approximate surface area is 360 Å². The van der Waals surface area contributed by atoms with Crippen LogP contribution in [0.2, 0.25) is 0 Å². The largest absolute Gasteiger partial charge is 0.378 e. The van der Waals surface area contributed by atoms with Gasteiger partial charge in [-0.25, -0.2) is 27.8 Å². The number of carbonyl (C=O) groups is 1. The molecule has 7 aromatic rings. The Morgan fingerprint density at radius 1 is 0.984 bits per heavy atom. The first-order valence-corrected chi connectivity index (χ1v) is 21.0. The van der Waals surface area contributed by atoms with Gasteiger partial charge in [0.05, 0.1) is 47.0 Å². The summed E-state index contributed by atoms with van der Waals surface area (Å²) in [5.41, 5.74) is 3.85. The average Bonchev–Trinajstić information content (AvgIpc) is 4.07. The molecular weight excluding hydrogens is 814 g/mol. The number of pyridine rings is 1. The lowest BCUT2D eigenvalue weighted by molar-refractivity contribution is -0.108. The van der Waals surface area contributed by atoms with Crippen LogP contribution >= 0.6 is 0 Å². The van der Waals surface area contributed by atoms with Gasteiger partial charge in [-0.1, -0.05) is 6.07 Å². The molecule has 19 heteroatoms. The summed E-state index contributed by atoms with van der Waals surface area (Å²) in [4.78, 5) is 41.3. The van der Waals surface area contributed by atoms with Crippen LogP contribution in [0, 0.1) is 24.4 Å². The molecule has 0 amide bonds. The highest BCUT2D eigenvalue weighted by molar-refractivity contribution is 5.93. The molecule has 326 valence electrons. The highest BCUT2D eigenvalue weighted by atomic mass is 19.1. The van der Waals surface area contributed by atoms with Crippen molar-refractivity contribution < 1.29 is 22.7 Å². The number of nitrogens with zero attached hydrogens (tertiary/aromatic N) is 12. The van der Waals surface area contributed by atoms with Crippen molar-refractivity contribution in [2.24, 2.45) is 0 Å². The summed E-state index contributed by atoms with van der Waals surface area (Å²) < 4.78 is 53.8. The maximum atomic E-state index is 15.3. The van der Waals surface area contributed by atoms with Gasteiger partial charge in [0.25, 0.3) is 0 Å². The number of hydrogen-bond donors (Lipinski definition) is 2. The molecule has 5 atom stereocenters. The number of piperidine rings is 1. The third-order valence-electron chi connectivity index (χ3n) is 12.4. The number of ether oxygens (including phenoxy) is 1. The van der Waals surface area contributed by atoms with Crippen LogP contribution in [-0.2, 0) is 22.6 Å². The molecule has 2 aromatic carbocycles. The van der Waals surface area contributed by atoms with Crippen LogP contribution in [0.5, 0.6) is 0 Å². The second kappa shape index (κ2) is 16.4. The fourth-order valence-corrected chi connectivity index (χ4v) is 9.62. The third-order valence-corrected chi connectivity index (χ3v) is 12.4. The third kappa shape index (κ3) is 7.63. The zero-order chi connectivity index (χ0) is 43.5. The van der Waals surface area contributed by atoms with Crippen molar-refractivity contribution in [3.8, 4) is 16.9 Å². The van der Waals surface area contributed by atoms with Gasteiger partial charge in [-0.15, -0.1) is 0 Å². The van der Waals surface area contributed by atoms with Crippen molar-refractivity contribution in [2.75, 3.05) is 62.5 Å². The highest BCUT2D eigenvalue weighted by Gasteiger charge is 2.47. The summed E-state index contributed by atoms with van der Waals surface area (Å²) in [5.74, 6) is 0.307. The Bertz CT molecular complexity index is 2800. The van der Waals surface area contributed by atoms with E-state index in [1.807, 2.05) is 50.2 Å². The molecule has 4 saturated heterocycles. The van der Waals surface area contributed by atoms with E-state index in [0.717, 1.165) is 55.4 Å². The van der Waals surface area contributed by atoms with E-state index in [1.165, 1.54) is 28.9 Å². The van der Waals surface area contributed by atoms with Gasteiger partial charge in [-0.2, -0.15) is 20.2 Å². The molecule has 9 heterocycles. The number of benzene rings is 2. The number of aryl methyl sites for hydroxylation is 1. The maximum Gasteiger partial charge on any atom is 0.230 e. The quantitative estimate of drug-likeness (QED) is 0.142. The van der Waals surface area contributed by atoms with E-state index >= 15 is 8.78 Å². The monoisotopic (exact) mass is 860 g/mol. The van der Waals surface area contributed by atoms with E-state index in [1.54, 1.807) is 19.5 Å². The SMILES string of the molecule is COC(CN(C)C)Cn1c(C)nc2cc(F)cc(-c3cccc(NC4CC(C=O)N(c5nc(N6C7CC6CN(Cc6ccn[nH]6)C7)nc6c5cnn6-c5ccc(F)cc5F)C4)n3)c21. The number of piperazine rings is 1. The number of nitrogens with one attached hydrogen (secondary N) is 2. The Morgan fingerprint density at radius 2 is 1.83 bits per heavy atom. The summed E-state index contributed by atoms with van der Waals surface area (Å²) >= 11 is 0. The van der Waals surface area contributed by atoms with E-state index in [4.69, 9.17) is 24.7 Å². The van der Waals surface area contributed by atoms with Crippen molar-refractivity contribution in [1.29, 1.82) is 0 Å². The van der Waals surface area contributed by atoms with E-state index in [-0.39, 0.29) is 29.9 Å². The molecule has 5 aromatic heterocycles. The number of imidazole rings is 1. The molecule has 4 aliphatic heterocycles. The van der Waals surface area contributed by atoms with E-state index < -0.39 is 23.5 Å². The first-order chi connectivity index (χ1) is 30.5. The summed E-state index contributed by atoms with van der Waals surface area (Å²) in [5, 5.41) is 15.7. The van der Waals surface area contributed by atoms with Crippen LogP contribution in [0.1, 0.15) is 24.4 Å². The molecule has 16 nitrogen and oxygen atoms in total. The average molecular weight is 861 g/mol. The van der Waals surface area contributed by atoms with Gasteiger partial charge in [0.15, 0.2) is 11.5 Å². The van der Waals surface area contributed by atoms with Gasteiger partial charge in [-0.3, -0.25) is 10.00 Å². The first-order valence-electron chi connectivity index (χ1n) is 21.0. The van der Waals surface area contributed by atoms with Gasteiger partial charge in [0.1, 0.15) is 41.1 Å². The minimum Gasteiger partial charge on any atom is -0.378 e. The molecule has 63 heavy (non-hydrogen) atoms. The lowest BCUT2D eigenvalue weighted by atomic mass is 9.88. The minimum atomic E-state index is -0.787. The van der Waals surface area contributed by atoms with Crippen molar-refractivity contribution in [3.63, 3.8) is 0 Å². The Morgan fingerprint density at radius 3 is 2.57 bits per heavy atom. The predicted molar refractivity (Wildman–Crippen MR) is 231 cm³/mol. The number of likely N-dealkylation sites (N-methyl/N-ethyl adjacent to an activating group) is 1. The molecule has 0 aliphatic carbocycles.